The summed E-state index contributed by atoms with van der Waals surface area (Å²) in [5.41, 5.74) is 1.52. The van der Waals surface area contributed by atoms with Gasteiger partial charge in [-0.1, -0.05) is 6.07 Å². The van der Waals surface area contributed by atoms with Gasteiger partial charge < -0.3 is 24.5 Å². The first-order valence-corrected chi connectivity index (χ1v) is 11.4. The number of nitrogens with zero attached hydrogens (tertiary/aromatic N) is 3. The van der Waals surface area contributed by atoms with E-state index in [1.54, 1.807) is 33.0 Å². The van der Waals surface area contributed by atoms with Gasteiger partial charge in [0.05, 0.1) is 45.7 Å². The largest absolute Gasteiger partial charge is 0.440 e. The van der Waals surface area contributed by atoms with Crippen LogP contribution in [0.4, 0.5) is 5.95 Å². The Labute approximate surface area is 195 Å². The number of imidazole rings is 1. The maximum atomic E-state index is 13.0. The number of aliphatic hydroxyl groups excluding tert-OH is 1. The number of rotatable bonds is 9. The van der Waals surface area contributed by atoms with Gasteiger partial charge in [0.15, 0.2) is 11.7 Å². The van der Waals surface area contributed by atoms with Gasteiger partial charge in [0, 0.05) is 20.0 Å². The molecule has 0 unspecified atom stereocenters. The second kappa shape index (κ2) is 9.44. The van der Waals surface area contributed by atoms with Gasteiger partial charge in [-0.3, -0.25) is 10.1 Å². The third-order valence-corrected chi connectivity index (χ3v) is 5.99. The van der Waals surface area contributed by atoms with E-state index in [-0.39, 0.29) is 19.1 Å². The maximum absolute atomic E-state index is 13.0. The smallest absolute Gasteiger partial charge is 0.268 e. The fourth-order valence-corrected chi connectivity index (χ4v) is 4.32. The Balaban J connectivity index is 1.61. The number of oxazole rings is 1. The van der Waals surface area contributed by atoms with Crippen molar-refractivity contribution in [2.45, 2.75) is 39.5 Å². The molecule has 0 saturated carbocycles. The van der Waals surface area contributed by atoms with Gasteiger partial charge in [-0.25, -0.2) is 9.97 Å². The molecule has 0 bridgehead atoms. The number of hydrogen-bond donors (Lipinski definition) is 4. The van der Waals surface area contributed by atoms with Gasteiger partial charge in [0.25, 0.3) is 5.91 Å². The van der Waals surface area contributed by atoms with E-state index >= 15 is 0 Å². The molecule has 0 radical (unpaired) electrons. The van der Waals surface area contributed by atoms with E-state index in [2.05, 4.69) is 20.6 Å². The molecule has 0 aliphatic carbocycles. The Hall–Kier alpha value is -3.05. The minimum absolute atomic E-state index is 0.0686. The van der Waals surface area contributed by atoms with Gasteiger partial charge in [-0.2, -0.15) is 0 Å². The lowest BCUT2D eigenvalue weighted by Crippen LogP contribution is -2.27. The fraction of sp³-hybridized carbons (Fsp3) is 0.348. The van der Waals surface area contributed by atoms with Crippen LogP contribution in [0, 0.1) is 6.92 Å². The Kier molecular flexibility index (Phi) is 6.61. The minimum Gasteiger partial charge on any atom is -0.440 e. The van der Waals surface area contributed by atoms with Crippen LogP contribution in [0.3, 0.4) is 0 Å². The number of anilines is 1. The third-order valence-electron chi connectivity index (χ3n) is 4.89. The van der Waals surface area contributed by atoms with Crippen molar-refractivity contribution in [1.82, 2.24) is 19.9 Å². The van der Waals surface area contributed by atoms with Crippen LogP contribution >= 0.6 is 11.3 Å². The lowest BCUT2D eigenvalue weighted by Gasteiger charge is -2.20. The number of aliphatic hydroxyl groups is 2. The molecule has 3 heterocycles. The summed E-state index contributed by atoms with van der Waals surface area (Å²) in [5, 5.41) is 25.4. The molecule has 1 amide bonds. The molecule has 10 heteroatoms. The van der Waals surface area contributed by atoms with Gasteiger partial charge in [-0.05, 0) is 43.7 Å². The molecule has 9 nitrogen and oxygen atoms in total. The molecule has 4 aromatic rings. The molecule has 4 rings (SSSR count). The molecule has 4 N–H and O–H groups in total. The first-order valence-electron chi connectivity index (χ1n) is 10.6. The van der Waals surface area contributed by atoms with Crippen molar-refractivity contribution >= 4 is 34.2 Å². The first-order chi connectivity index (χ1) is 15.7. The van der Waals surface area contributed by atoms with Crippen molar-refractivity contribution in [1.29, 1.82) is 0 Å². The lowest BCUT2D eigenvalue weighted by atomic mass is 10.1. The molecule has 174 valence electrons. The zero-order chi connectivity index (χ0) is 23.6. The highest BCUT2D eigenvalue weighted by atomic mass is 32.1. The van der Waals surface area contributed by atoms with Gasteiger partial charge in [0.2, 0.25) is 5.95 Å². The molecule has 33 heavy (non-hydrogen) atoms. The molecule has 1 aromatic carbocycles. The molecular formula is C23H27N5O4S. The van der Waals surface area contributed by atoms with Crippen molar-refractivity contribution in [3.63, 3.8) is 0 Å². The number of nitrogens with one attached hydrogen (secondary N) is 2. The van der Waals surface area contributed by atoms with Crippen LogP contribution in [-0.2, 0) is 13.1 Å². The van der Waals surface area contributed by atoms with Crippen molar-refractivity contribution in [3.8, 4) is 10.6 Å². The highest BCUT2D eigenvalue weighted by Crippen LogP contribution is 2.30. The van der Waals surface area contributed by atoms with Crippen molar-refractivity contribution < 1.29 is 19.4 Å². The molecule has 0 aliphatic heterocycles. The normalized spacial score (nSPS) is 11.9. The number of amides is 1. The van der Waals surface area contributed by atoms with Gasteiger partial charge in [-0.15, -0.1) is 11.3 Å². The molecule has 0 aliphatic rings. The van der Waals surface area contributed by atoms with Crippen molar-refractivity contribution in [3.05, 3.63) is 52.9 Å². The summed E-state index contributed by atoms with van der Waals surface area (Å²) in [7, 11) is 0. The van der Waals surface area contributed by atoms with Gasteiger partial charge >= 0.3 is 0 Å². The topological polar surface area (TPSA) is 125 Å². The zero-order valence-electron chi connectivity index (χ0n) is 18.8. The average molecular weight is 470 g/mol. The van der Waals surface area contributed by atoms with Crippen LogP contribution in [-0.4, -0.2) is 49.4 Å². The number of fused-ring (bicyclic) bond motifs is 1. The number of benzene rings is 1. The summed E-state index contributed by atoms with van der Waals surface area (Å²) in [6, 6.07) is 9.39. The van der Waals surface area contributed by atoms with Gasteiger partial charge in [0.1, 0.15) is 0 Å². The Morgan fingerprint density at radius 2 is 2.09 bits per heavy atom. The van der Waals surface area contributed by atoms with Crippen molar-refractivity contribution in [2.24, 2.45) is 0 Å². The predicted octanol–water partition coefficient (Wildman–Crippen LogP) is 3.17. The van der Waals surface area contributed by atoms with E-state index in [1.165, 1.54) is 11.3 Å². The molecule has 3 aromatic heterocycles. The number of carbonyl (C=O) groups is 1. The van der Waals surface area contributed by atoms with Crippen LogP contribution in [0.5, 0.6) is 0 Å². The number of thiophene rings is 1. The molecule has 0 atom stereocenters. The highest BCUT2D eigenvalue weighted by molar-refractivity contribution is 7.17. The van der Waals surface area contributed by atoms with Crippen LogP contribution in [0.15, 0.2) is 40.9 Å². The Bertz CT molecular complexity index is 1270. The summed E-state index contributed by atoms with van der Waals surface area (Å²) in [6.45, 7) is 6.61. The maximum Gasteiger partial charge on any atom is 0.268 e. The number of aryl methyl sites for hydroxylation is 1. The highest BCUT2D eigenvalue weighted by Gasteiger charge is 2.22. The molecule has 0 spiro atoms. The second-order valence-corrected chi connectivity index (χ2v) is 9.50. The first kappa shape index (κ1) is 23.1. The Morgan fingerprint density at radius 1 is 1.27 bits per heavy atom. The zero-order valence-corrected chi connectivity index (χ0v) is 19.6. The van der Waals surface area contributed by atoms with Crippen LogP contribution in [0.2, 0.25) is 0 Å². The van der Waals surface area contributed by atoms with Crippen LogP contribution in [0.1, 0.15) is 35.0 Å². The van der Waals surface area contributed by atoms with E-state index < -0.39 is 5.60 Å². The number of aromatic nitrogens is 3. The fourth-order valence-electron chi connectivity index (χ4n) is 3.47. The predicted molar refractivity (Wildman–Crippen MR) is 127 cm³/mol. The number of hydrogen-bond acceptors (Lipinski definition) is 8. The second-order valence-electron chi connectivity index (χ2n) is 8.42. The molecule has 0 saturated heterocycles. The van der Waals surface area contributed by atoms with E-state index in [4.69, 9.17) is 9.52 Å². The molecule has 0 fully saturated rings. The Morgan fingerprint density at radius 3 is 2.79 bits per heavy atom. The van der Waals surface area contributed by atoms with E-state index in [1.807, 2.05) is 28.8 Å². The van der Waals surface area contributed by atoms with E-state index in [9.17, 15) is 9.90 Å². The summed E-state index contributed by atoms with van der Waals surface area (Å²) in [5.74, 6) is 1.26. The summed E-state index contributed by atoms with van der Waals surface area (Å²) < 4.78 is 7.36. The SMILES string of the molecule is Cc1ncc(-c2ccc(C(=O)Nc3nc4cc(CNCCO)ccc4n3CC(C)(C)O)s2)o1. The molecular weight excluding hydrogens is 442 g/mol. The summed E-state index contributed by atoms with van der Waals surface area (Å²) in [4.78, 5) is 23.1. The minimum atomic E-state index is -1.01. The average Bonchev–Trinajstić information content (AvgIpc) is 3.47. The van der Waals surface area contributed by atoms with Crippen LogP contribution < -0.4 is 10.6 Å². The van der Waals surface area contributed by atoms with E-state index in [0.29, 0.717) is 41.1 Å². The lowest BCUT2D eigenvalue weighted by molar-refractivity contribution is 0.0630. The van der Waals surface area contributed by atoms with E-state index in [0.717, 1.165) is 16.0 Å². The standard InChI is InChI=1S/C23H27N5O4S/c1-14-25-12-18(32-14)19-6-7-20(33-19)21(30)27-22-26-16-10-15(11-24-8-9-29)4-5-17(16)28(22)13-23(2,3)31/h4-7,10,12,24,29,31H,8-9,11,13H2,1-3H3,(H,26,27,30). The summed E-state index contributed by atoms with van der Waals surface area (Å²) >= 11 is 1.31. The van der Waals surface area contributed by atoms with Crippen LogP contribution in [0.25, 0.3) is 21.7 Å². The van der Waals surface area contributed by atoms with Crippen molar-refractivity contribution in [2.75, 3.05) is 18.5 Å². The number of carbonyl (C=O) groups excluding carboxylic acids is 1. The third kappa shape index (κ3) is 5.48. The summed E-state index contributed by atoms with van der Waals surface area (Å²) in [6.07, 6.45) is 1.64. The monoisotopic (exact) mass is 469 g/mol. The quantitative estimate of drug-likeness (QED) is 0.277.